The van der Waals surface area contributed by atoms with E-state index in [-0.39, 0.29) is 0 Å². The van der Waals surface area contributed by atoms with Crippen molar-refractivity contribution in [3.63, 3.8) is 0 Å². The molecule has 0 spiro atoms. The Morgan fingerprint density at radius 2 is 2.22 bits per heavy atom. The fourth-order valence-corrected chi connectivity index (χ4v) is 2.77. The first kappa shape index (κ1) is 13.2. The lowest BCUT2D eigenvalue weighted by atomic mass is 10.3. The predicted octanol–water partition coefficient (Wildman–Crippen LogP) is -0.657. The summed E-state index contributed by atoms with van der Waals surface area (Å²) in [6.45, 7) is 5.28. The average Bonchev–Trinajstić information content (AvgIpc) is 2.89. The molecule has 1 amide bonds. The molecule has 0 aliphatic carbocycles. The Bertz CT molecular complexity index is 403. The van der Waals surface area contributed by atoms with E-state index in [1.54, 1.807) is 5.48 Å². The number of carbonyl (C=O) groups is 1. The molecule has 1 aromatic heterocycles. The van der Waals surface area contributed by atoms with Crippen LogP contribution in [0.4, 0.5) is 5.13 Å². The van der Waals surface area contributed by atoms with Crippen LogP contribution in [0.3, 0.4) is 0 Å². The number of amides is 1. The topological polar surface area (TPSA) is 94.7 Å². The van der Waals surface area contributed by atoms with Crippen molar-refractivity contribution >= 4 is 22.4 Å². The Morgan fingerprint density at radius 3 is 2.83 bits per heavy atom. The standard InChI is InChI=1S/C10H17N5O2S/c11-1-2-14-3-5-15(6-4-14)10-12-7-8(18-10)9(16)13-17/h7,17H,1-6,11H2,(H,13,16). The normalized spacial score (nSPS) is 16.9. The van der Waals surface area contributed by atoms with E-state index in [0.29, 0.717) is 11.4 Å². The second-order valence-corrected chi connectivity index (χ2v) is 5.07. The number of rotatable bonds is 4. The Labute approximate surface area is 109 Å². The highest BCUT2D eigenvalue weighted by atomic mass is 32.1. The Hall–Kier alpha value is -1.22. The van der Waals surface area contributed by atoms with Gasteiger partial charge in [0.2, 0.25) is 0 Å². The zero-order chi connectivity index (χ0) is 13.0. The molecule has 1 aromatic rings. The van der Waals surface area contributed by atoms with E-state index in [1.807, 2.05) is 0 Å². The summed E-state index contributed by atoms with van der Waals surface area (Å²) in [5.74, 6) is -0.513. The summed E-state index contributed by atoms with van der Waals surface area (Å²) in [4.78, 5) is 20.3. The minimum Gasteiger partial charge on any atom is -0.346 e. The SMILES string of the molecule is NCCN1CCN(c2ncc(C(=O)NO)s2)CC1. The number of nitrogens with two attached hydrogens (primary N) is 1. The fourth-order valence-electron chi connectivity index (χ4n) is 1.92. The number of carbonyl (C=O) groups excluding carboxylic acids is 1. The molecule has 18 heavy (non-hydrogen) atoms. The molecule has 1 fully saturated rings. The second kappa shape index (κ2) is 6.10. The molecule has 0 saturated carbocycles. The van der Waals surface area contributed by atoms with Gasteiger partial charge in [-0.1, -0.05) is 11.3 Å². The third-order valence-corrected chi connectivity index (χ3v) is 3.96. The van der Waals surface area contributed by atoms with Crippen molar-refractivity contribution in [2.24, 2.45) is 5.73 Å². The molecule has 0 atom stereocenters. The van der Waals surface area contributed by atoms with Gasteiger partial charge in [0.1, 0.15) is 4.88 Å². The lowest BCUT2D eigenvalue weighted by molar-refractivity contribution is 0.0710. The maximum Gasteiger partial charge on any atom is 0.286 e. The highest BCUT2D eigenvalue weighted by molar-refractivity contribution is 7.17. The summed E-state index contributed by atoms with van der Waals surface area (Å²) >= 11 is 1.29. The van der Waals surface area contributed by atoms with Gasteiger partial charge in [-0.2, -0.15) is 0 Å². The van der Waals surface area contributed by atoms with Crippen molar-refractivity contribution in [1.82, 2.24) is 15.4 Å². The van der Waals surface area contributed by atoms with Gasteiger partial charge < -0.3 is 10.6 Å². The minimum atomic E-state index is -0.513. The van der Waals surface area contributed by atoms with Crippen LogP contribution in [0, 0.1) is 0 Å². The molecule has 4 N–H and O–H groups in total. The maximum absolute atomic E-state index is 11.2. The number of hydroxylamine groups is 1. The molecular formula is C10H17N5O2S. The first-order valence-corrected chi connectivity index (χ1v) is 6.64. The molecule has 0 aromatic carbocycles. The van der Waals surface area contributed by atoms with E-state index in [2.05, 4.69) is 14.8 Å². The molecule has 1 aliphatic rings. The van der Waals surface area contributed by atoms with Crippen molar-refractivity contribution in [2.45, 2.75) is 0 Å². The molecule has 8 heteroatoms. The quantitative estimate of drug-likeness (QED) is 0.497. The first-order valence-electron chi connectivity index (χ1n) is 5.82. The number of nitrogens with one attached hydrogen (secondary N) is 1. The lowest BCUT2D eigenvalue weighted by Gasteiger charge is -2.34. The highest BCUT2D eigenvalue weighted by Gasteiger charge is 2.20. The van der Waals surface area contributed by atoms with E-state index in [1.165, 1.54) is 17.5 Å². The fraction of sp³-hybridized carbons (Fsp3) is 0.600. The highest BCUT2D eigenvalue weighted by Crippen LogP contribution is 2.23. The molecule has 0 unspecified atom stereocenters. The van der Waals surface area contributed by atoms with Gasteiger partial charge in [0.15, 0.2) is 5.13 Å². The first-order chi connectivity index (χ1) is 8.74. The van der Waals surface area contributed by atoms with E-state index in [0.717, 1.165) is 37.9 Å². The van der Waals surface area contributed by atoms with Gasteiger partial charge >= 0.3 is 0 Å². The van der Waals surface area contributed by atoms with Gasteiger partial charge in [0.05, 0.1) is 6.20 Å². The van der Waals surface area contributed by atoms with Gasteiger partial charge in [-0.25, -0.2) is 10.5 Å². The van der Waals surface area contributed by atoms with Crippen LogP contribution < -0.4 is 16.1 Å². The Kier molecular flexibility index (Phi) is 4.48. The Morgan fingerprint density at radius 1 is 1.50 bits per heavy atom. The predicted molar refractivity (Wildman–Crippen MR) is 69.1 cm³/mol. The summed E-state index contributed by atoms with van der Waals surface area (Å²) in [6, 6.07) is 0. The van der Waals surface area contributed by atoms with Crippen LogP contribution in [-0.4, -0.2) is 60.3 Å². The summed E-state index contributed by atoms with van der Waals surface area (Å²) in [7, 11) is 0. The van der Waals surface area contributed by atoms with Gasteiger partial charge in [-0.15, -0.1) is 0 Å². The number of thiazole rings is 1. The van der Waals surface area contributed by atoms with Gasteiger partial charge in [0.25, 0.3) is 5.91 Å². The molecule has 2 heterocycles. The van der Waals surface area contributed by atoms with Crippen LogP contribution in [0.5, 0.6) is 0 Å². The maximum atomic E-state index is 11.2. The third-order valence-electron chi connectivity index (χ3n) is 2.91. The monoisotopic (exact) mass is 271 g/mol. The molecule has 1 aliphatic heterocycles. The third kappa shape index (κ3) is 2.96. The van der Waals surface area contributed by atoms with Crippen molar-refractivity contribution < 1.29 is 10.0 Å². The Balaban J connectivity index is 1.93. The lowest BCUT2D eigenvalue weighted by Crippen LogP contribution is -2.47. The minimum absolute atomic E-state index is 0.414. The van der Waals surface area contributed by atoms with Crippen LogP contribution >= 0.6 is 11.3 Å². The summed E-state index contributed by atoms with van der Waals surface area (Å²) in [6.07, 6.45) is 1.48. The summed E-state index contributed by atoms with van der Waals surface area (Å²) in [5.41, 5.74) is 7.14. The number of nitrogens with zero attached hydrogens (tertiary/aromatic N) is 3. The van der Waals surface area contributed by atoms with Gasteiger partial charge in [-0.3, -0.25) is 14.9 Å². The molecule has 1 saturated heterocycles. The van der Waals surface area contributed by atoms with Crippen molar-refractivity contribution in [1.29, 1.82) is 0 Å². The van der Waals surface area contributed by atoms with E-state index >= 15 is 0 Å². The number of hydrogen-bond donors (Lipinski definition) is 3. The molecule has 100 valence electrons. The van der Waals surface area contributed by atoms with Crippen molar-refractivity contribution in [3.05, 3.63) is 11.1 Å². The summed E-state index contributed by atoms with van der Waals surface area (Å²) < 4.78 is 0. The zero-order valence-corrected chi connectivity index (χ0v) is 10.8. The molecular weight excluding hydrogens is 254 g/mol. The molecule has 2 rings (SSSR count). The molecule has 0 bridgehead atoms. The van der Waals surface area contributed by atoms with Crippen molar-refractivity contribution in [2.75, 3.05) is 44.2 Å². The zero-order valence-electron chi connectivity index (χ0n) is 10.0. The van der Waals surface area contributed by atoms with Gasteiger partial charge in [0, 0.05) is 39.3 Å². The number of aromatic nitrogens is 1. The van der Waals surface area contributed by atoms with Crippen LogP contribution in [0.2, 0.25) is 0 Å². The largest absolute Gasteiger partial charge is 0.346 e. The van der Waals surface area contributed by atoms with E-state index in [4.69, 9.17) is 10.9 Å². The van der Waals surface area contributed by atoms with Gasteiger partial charge in [-0.05, 0) is 0 Å². The number of piperazine rings is 1. The number of hydrogen-bond acceptors (Lipinski definition) is 7. The molecule has 0 radical (unpaired) electrons. The van der Waals surface area contributed by atoms with Crippen LogP contribution in [0.25, 0.3) is 0 Å². The van der Waals surface area contributed by atoms with Crippen LogP contribution in [-0.2, 0) is 0 Å². The summed E-state index contributed by atoms with van der Waals surface area (Å²) in [5, 5.41) is 9.37. The van der Waals surface area contributed by atoms with Crippen LogP contribution in [0.1, 0.15) is 9.67 Å². The van der Waals surface area contributed by atoms with Crippen molar-refractivity contribution in [3.8, 4) is 0 Å². The van der Waals surface area contributed by atoms with E-state index < -0.39 is 5.91 Å². The molecule has 7 nitrogen and oxygen atoms in total. The number of anilines is 1. The second-order valence-electron chi connectivity index (χ2n) is 4.07. The average molecular weight is 271 g/mol. The smallest absolute Gasteiger partial charge is 0.286 e. The van der Waals surface area contributed by atoms with E-state index in [9.17, 15) is 4.79 Å². The van der Waals surface area contributed by atoms with Crippen LogP contribution in [0.15, 0.2) is 6.20 Å².